The van der Waals surface area contributed by atoms with Crippen molar-refractivity contribution >= 4 is 46.4 Å². The maximum atomic E-state index is 12.7. The quantitative estimate of drug-likeness (QED) is 0.584. The Kier molecular flexibility index (Phi) is 4.83. The fourth-order valence-corrected chi connectivity index (χ4v) is 6.66. The SMILES string of the molecule is CC(C)[C@H]1CSC(=S)N1[P@](=O)(Cl)Oc1ccccc1. The van der Waals surface area contributed by atoms with Crippen molar-refractivity contribution in [1.82, 2.24) is 4.67 Å². The number of nitrogens with zero attached hydrogens (tertiary/aromatic N) is 1. The highest BCUT2D eigenvalue weighted by Crippen LogP contribution is 2.60. The standard InChI is InChI=1S/C12H15ClNO2PS2/c1-9(2)11-8-19-12(18)14(11)17(13,15)16-10-6-4-3-5-7-10/h3-7,9,11H,8H2,1-2H3/t11-,17+/m1/s1. The predicted octanol–water partition coefficient (Wildman–Crippen LogP) is 4.77. The maximum absolute atomic E-state index is 12.7. The molecule has 2 rings (SSSR count). The highest BCUT2D eigenvalue weighted by molar-refractivity contribution is 8.24. The van der Waals surface area contributed by atoms with E-state index in [1.807, 2.05) is 18.2 Å². The largest absolute Gasteiger partial charge is 0.439 e. The molecule has 0 unspecified atom stereocenters. The van der Waals surface area contributed by atoms with Crippen molar-refractivity contribution in [2.75, 3.05) is 5.75 Å². The van der Waals surface area contributed by atoms with Gasteiger partial charge >= 0.3 is 6.87 Å². The van der Waals surface area contributed by atoms with Crippen LogP contribution in [0.1, 0.15) is 13.8 Å². The maximum Gasteiger partial charge on any atom is 0.439 e. The van der Waals surface area contributed by atoms with Crippen molar-refractivity contribution in [3.63, 3.8) is 0 Å². The van der Waals surface area contributed by atoms with Gasteiger partial charge in [-0.25, -0.2) is 4.57 Å². The Morgan fingerprint density at radius 1 is 1.47 bits per heavy atom. The third kappa shape index (κ3) is 3.46. The molecule has 0 aliphatic carbocycles. The monoisotopic (exact) mass is 335 g/mol. The van der Waals surface area contributed by atoms with Gasteiger partial charge in [-0.3, -0.25) is 4.67 Å². The molecule has 1 aromatic rings. The average molecular weight is 336 g/mol. The summed E-state index contributed by atoms with van der Waals surface area (Å²) in [6.07, 6.45) is 0. The van der Waals surface area contributed by atoms with Gasteiger partial charge in [0.15, 0.2) is 0 Å². The van der Waals surface area contributed by atoms with E-state index in [1.54, 1.807) is 16.8 Å². The number of para-hydroxylation sites is 1. The molecule has 0 aromatic heterocycles. The summed E-state index contributed by atoms with van der Waals surface area (Å²) in [4.78, 5) is 0. The van der Waals surface area contributed by atoms with E-state index >= 15 is 0 Å². The highest BCUT2D eigenvalue weighted by Gasteiger charge is 2.44. The molecule has 3 nitrogen and oxygen atoms in total. The van der Waals surface area contributed by atoms with Crippen molar-refractivity contribution in [3.05, 3.63) is 30.3 Å². The molecular weight excluding hydrogens is 321 g/mol. The van der Waals surface area contributed by atoms with Gasteiger partial charge in [0.05, 0.1) is 6.04 Å². The van der Waals surface area contributed by atoms with Crippen molar-refractivity contribution in [2.45, 2.75) is 19.9 Å². The molecule has 1 saturated heterocycles. The van der Waals surface area contributed by atoms with E-state index in [2.05, 4.69) is 13.8 Å². The summed E-state index contributed by atoms with van der Waals surface area (Å²) in [7, 11) is 0. The van der Waals surface area contributed by atoms with Crippen molar-refractivity contribution in [2.24, 2.45) is 5.92 Å². The van der Waals surface area contributed by atoms with Crippen LogP contribution in [-0.2, 0) is 4.57 Å². The second-order valence-corrected chi connectivity index (χ2v) is 9.04. The lowest BCUT2D eigenvalue weighted by Gasteiger charge is -2.31. The molecule has 0 bridgehead atoms. The predicted molar refractivity (Wildman–Crippen MR) is 86.1 cm³/mol. The smallest absolute Gasteiger partial charge is 0.418 e. The zero-order chi connectivity index (χ0) is 14.0. The molecule has 0 N–H and O–H groups in total. The van der Waals surface area contributed by atoms with Crippen LogP contribution >= 0.6 is 42.1 Å². The molecule has 2 atom stereocenters. The van der Waals surface area contributed by atoms with Gasteiger partial charge in [0, 0.05) is 17.0 Å². The summed E-state index contributed by atoms with van der Waals surface area (Å²) >= 11 is 12.9. The van der Waals surface area contributed by atoms with Gasteiger partial charge < -0.3 is 4.52 Å². The molecule has 0 spiro atoms. The van der Waals surface area contributed by atoms with E-state index in [9.17, 15) is 4.57 Å². The molecule has 0 saturated carbocycles. The van der Waals surface area contributed by atoms with E-state index in [0.29, 0.717) is 16.0 Å². The first-order valence-corrected chi connectivity index (χ1v) is 9.80. The topological polar surface area (TPSA) is 29.5 Å². The Morgan fingerprint density at radius 3 is 2.68 bits per heavy atom. The molecule has 19 heavy (non-hydrogen) atoms. The molecule has 1 aromatic carbocycles. The van der Waals surface area contributed by atoms with Crippen LogP contribution in [0.2, 0.25) is 0 Å². The molecule has 1 aliphatic heterocycles. The molecular formula is C12H15ClNO2PS2. The third-order valence-corrected chi connectivity index (χ3v) is 6.78. The lowest BCUT2D eigenvalue weighted by molar-refractivity contribution is 0.354. The Morgan fingerprint density at radius 2 is 2.11 bits per heavy atom. The lowest BCUT2D eigenvalue weighted by atomic mass is 10.1. The minimum Gasteiger partial charge on any atom is -0.418 e. The normalized spacial score (nSPS) is 22.6. The Hall–Kier alpha value is -0.220. The Balaban J connectivity index is 2.23. The van der Waals surface area contributed by atoms with E-state index in [4.69, 9.17) is 28.0 Å². The van der Waals surface area contributed by atoms with Gasteiger partial charge in [-0.05, 0) is 18.1 Å². The number of thiocarbonyl (C=S) groups is 1. The highest BCUT2D eigenvalue weighted by atomic mass is 35.7. The second kappa shape index (κ2) is 6.04. The zero-order valence-corrected chi connectivity index (χ0v) is 13.9. The van der Waals surface area contributed by atoms with Gasteiger partial charge in [0.2, 0.25) is 0 Å². The number of halogens is 1. The van der Waals surface area contributed by atoms with Crippen molar-refractivity contribution in [1.29, 1.82) is 0 Å². The van der Waals surface area contributed by atoms with Crippen LogP contribution in [0.3, 0.4) is 0 Å². The van der Waals surface area contributed by atoms with Crippen molar-refractivity contribution < 1.29 is 9.09 Å². The first-order valence-electron chi connectivity index (χ1n) is 5.92. The van der Waals surface area contributed by atoms with Crippen molar-refractivity contribution in [3.8, 4) is 5.75 Å². The van der Waals surface area contributed by atoms with E-state index < -0.39 is 6.87 Å². The summed E-state index contributed by atoms with van der Waals surface area (Å²) < 4.78 is 20.3. The van der Waals surface area contributed by atoms with Crippen LogP contribution in [0, 0.1) is 5.92 Å². The van der Waals surface area contributed by atoms with E-state index in [1.165, 1.54) is 11.8 Å². The van der Waals surface area contributed by atoms with E-state index in [0.717, 1.165) is 5.75 Å². The number of hydrogen-bond acceptors (Lipinski definition) is 4. The Bertz CT molecular complexity index is 512. The van der Waals surface area contributed by atoms with Crippen LogP contribution in [-0.4, -0.2) is 20.8 Å². The van der Waals surface area contributed by atoms with Gasteiger partial charge in [-0.15, -0.1) is 0 Å². The average Bonchev–Trinajstić information content (AvgIpc) is 2.73. The fraction of sp³-hybridized carbons (Fsp3) is 0.417. The summed E-state index contributed by atoms with van der Waals surface area (Å²) in [5.41, 5.74) is 0. The Labute approximate surface area is 127 Å². The van der Waals surface area contributed by atoms with Gasteiger partial charge in [0.25, 0.3) is 0 Å². The van der Waals surface area contributed by atoms with Gasteiger partial charge in [0.1, 0.15) is 10.1 Å². The number of hydrogen-bond donors (Lipinski definition) is 0. The fourth-order valence-electron chi connectivity index (χ4n) is 1.83. The van der Waals surface area contributed by atoms with Crippen LogP contribution in [0.15, 0.2) is 30.3 Å². The third-order valence-electron chi connectivity index (χ3n) is 2.87. The molecule has 0 radical (unpaired) electrons. The summed E-state index contributed by atoms with van der Waals surface area (Å²) in [6, 6.07) is 8.98. The molecule has 0 amide bonds. The summed E-state index contributed by atoms with van der Waals surface area (Å²) in [5, 5.41) is 0. The first kappa shape index (κ1) is 15.2. The van der Waals surface area contributed by atoms with Crippen LogP contribution in [0.5, 0.6) is 5.75 Å². The van der Waals surface area contributed by atoms with Crippen LogP contribution in [0.25, 0.3) is 0 Å². The number of rotatable bonds is 4. The van der Waals surface area contributed by atoms with Crippen LogP contribution in [0.4, 0.5) is 0 Å². The van der Waals surface area contributed by atoms with Crippen LogP contribution < -0.4 is 4.52 Å². The number of thioether (sulfide) groups is 1. The lowest BCUT2D eigenvalue weighted by Crippen LogP contribution is -2.34. The minimum absolute atomic E-state index is 0.0459. The summed E-state index contributed by atoms with van der Waals surface area (Å²) in [6.45, 7) is 0.637. The molecule has 1 fully saturated rings. The molecule has 1 heterocycles. The first-order chi connectivity index (χ1) is 8.92. The molecule has 1 aliphatic rings. The second-order valence-electron chi connectivity index (χ2n) is 4.59. The van der Waals surface area contributed by atoms with Gasteiger partial charge in [-0.2, -0.15) is 0 Å². The zero-order valence-electron chi connectivity index (χ0n) is 10.7. The van der Waals surface area contributed by atoms with E-state index in [-0.39, 0.29) is 6.04 Å². The molecule has 104 valence electrons. The van der Waals surface area contributed by atoms with Gasteiger partial charge in [-0.1, -0.05) is 56.0 Å². The molecule has 7 heteroatoms. The summed E-state index contributed by atoms with van der Waals surface area (Å²) in [5.74, 6) is 1.59. The minimum atomic E-state index is -3.48. The number of benzene rings is 1.